The molecule has 12 nitrogen and oxygen atoms in total. The molecule has 1 saturated carbocycles. The lowest BCUT2D eigenvalue weighted by atomic mass is 9.89. The molecular formula is C32H33N11O. The molecule has 12 heteroatoms. The number of carbonyl (C=O) groups excluding carboxylic acids is 1. The second-order valence-corrected chi connectivity index (χ2v) is 11.1. The molecule has 222 valence electrons. The predicted molar refractivity (Wildman–Crippen MR) is 165 cm³/mol. The standard InChI is InChI=1S/C32H33N11O/c1-21-14-27(41-40-21)31-23(15-33)16-36-32(39-31)38-25-9-11-26(12-10-25)43(30(44)13-8-22-6-4-3-5-7-22)29-19-34-28(18-35-29)24-17-37-42(2)20-24/h3-7,14,16-20,25-26H,8-13H2,1-2H3,(H,40,41)(H,36,38,39). The summed E-state index contributed by atoms with van der Waals surface area (Å²) in [5.41, 5.74) is 5.05. The van der Waals surface area contributed by atoms with Crippen molar-refractivity contribution in [1.82, 2.24) is 39.9 Å². The van der Waals surface area contributed by atoms with Gasteiger partial charge < -0.3 is 5.32 Å². The second kappa shape index (κ2) is 12.8. The fourth-order valence-electron chi connectivity index (χ4n) is 5.61. The summed E-state index contributed by atoms with van der Waals surface area (Å²) >= 11 is 0. The Kier molecular flexibility index (Phi) is 8.36. The highest BCUT2D eigenvalue weighted by molar-refractivity contribution is 5.93. The molecule has 6 rings (SSSR count). The summed E-state index contributed by atoms with van der Waals surface area (Å²) in [5.74, 6) is 1.04. The van der Waals surface area contributed by atoms with Crippen molar-refractivity contribution >= 4 is 17.7 Å². The zero-order chi connectivity index (χ0) is 30.5. The molecule has 0 atom stereocenters. The molecular weight excluding hydrogens is 554 g/mol. The minimum absolute atomic E-state index is 0.0145. The van der Waals surface area contributed by atoms with Gasteiger partial charge in [-0.1, -0.05) is 30.3 Å². The van der Waals surface area contributed by atoms with Gasteiger partial charge in [0.2, 0.25) is 11.9 Å². The van der Waals surface area contributed by atoms with Crippen LogP contribution in [0.4, 0.5) is 11.8 Å². The molecule has 0 aliphatic heterocycles. The van der Waals surface area contributed by atoms with Gasteiger partial charge >= 0.3 is 0 Å². The Hall–Kier alpha value is -5.44. The van der Waals surface area contributed by atoms with E-state index in [1.54, 1.807) is 23.3 Å². The first kappa shape index (κ1) is 28.7. The zero-order valence-electron chi connectivity index (χ0n) is 24.7. The predicted octanol–water partition coefficient (Wildman–Crippen LogP) is 4.63. The second-order valence-electron chi connectivity index (χ2n) is 11.1. The van der Waals surface area contributed by atoms with Crippen molar-refractivity contribution in [3.05, 3.63) is 84.2 Å². The Morgan fingerprint density at radius 2 is 1.89 bits per heavy atom. The zero-order valence-corrected chi connectivity index (χ0v) is 24.7. The lowest BCUT2D eigenvalue weighted by Crippen LogP contribution is -2.45. The molecule has 0 saturated heterocycles. The molecule has 1 amide bonds. The molecule has 0 bridgehead atoms. The first-order valence-corrected chi connectivity index (χ1v) is 14.7. The van der Waals surface area contributed by atoms with Crippen molar-refractivity contribution in [2.24, 2.45) is 7.05 Å². The molecule has 1 aliphatic rings. The molecule has 0 unspecified atom stereocenters. The van der Waals surface area contributed by atoms with Crippen molar-refractivity contribution in [1.29, 1.82) is 5.26 Å². The van der Waals surface area contributed by atoms with Gasteiger partial charge in [-0.3, -0.25) is 24.5 Å². The van der Waals surface area contributed by atoms with Gasteiger partial charge in [0.05, 0.1) is 36.0 Å². The van der Waals surface area contributed by atoms with E-state index in [9.17, 15) is 10.1 Å². The number of amides is 1. The smallest absolute Gasteiger partial charge is 0.228 e. The average molecular weight is 588 g/mol. The Balaban J connectivity index is 1.17. The van der Waals surface area contributed by atoms with E-state index in [-0.39, 0.29) is 18.0 Å². The highest BCUT2D eigenvalue weighted by Gasteiger charge is 2.31. The molecule has 0 radical (unpaired) electrons. The average Bonchev–Trinajstić information content (AvgIpc) is 3.70. The fourth-order valence-corrected chi connectivity index (χ4v) is 5.61. The Labute approximate surface area is 255 Å². The third kappa shape index (κ3) is 6.47. The van der Waals surface area contributed by atoms with Crippen LogP contribution in [0, 0.1) is 18.3 Å². The van der Waals surface area contributed by atoms with Crippen molar-refractivity contribution < 1.29 is 4.79 Å². The van der Waals surface area contributed by atoms with Gasteiger partial charge in [-0.05, 0) is 50.7 Å². The largest absolute Gasteiger partial charge is 0.351 e. The van der Waals surface area contributed by atoms with Crippen LogP contribution in [0.2, 0.25) is 0 Å². The fraction of sp³-hybridized carbons (Fsp3) is 0.312. The summed E-state index contributed by atoms with van der Waals surface area (Å²) in [6, 6.07) is 14.2. The van der Waals surface area contributed by atoms with Gasteiger partial charge in [-0.15, -0.1) is 0 Å². The number of aryl methyl sites for hydroxylation is 3. The summed E-state index contributed by atoms with van der Waals surface area (Å²) in [4.78, 5) is 33.9. The number of H-pyrrole nitrogens is 1. The summed E-state index contributed by atoms with van der Waals surface area (Å²) in [6.45, 7) is 1.90. The van der Waals surface area contributed by atoms with E-state index in [1.807, 2.05) is 61.5 Å². The van der Waals surface area contributed by atoms with Crippen LogP contribution in [-0.4, -0.2) is 57.9 Å². The minimum Gasteiger partial charge on any atom is -0.351 e. The minimum atomic E-state index is -0.0145. The van der Waals surface area contributed by atoms with E-state index in [1.165, 1.54) is 6.20 Å². The van der Waals surface area contributed by atoms with Crippen LogP contribution in [0.25, 0.3) is 22.6 Å². The first-order chi connectivity index (χ1) is 21.5. The molecule has 44 heavy (non-hydrogen) atoms. The third-order valence-electron chi connectivity index (χ3n) is 7.88. The number of aromatic nitrogens is 8. The molecule has 1 aromatic carbocycles. The van der Waals surface area contributed by atoms with E-state index in [2.05, 4.69) is 41.6 Å². The van der Waals surface area contributed by atoms with Gasteiger partial charge in [0, 0.05) is 43.0 Å². The summed E-state index contributed by atoms with van der Waals surface area (Å²) in [6.07, 6.45) is 12.8. The molecule has 1 aliphatic carbocycles. The van der Waals surface area contributed by atoms with Gasteiger partial charge in [0.25, 0.3) is 0 Å². The number of nitrogens with one attached hydrogen (secondary N) is 2. The molecule has 2 N–H and O–H groups in total. The quantitative estimate of drug-likeness (QED) is 0.251. The van der Waals surface area contributed by atoms with Gasteiger partial charge in [-0.25, -0.2) is 15.0 Å². The molecule has 4 heterocycles. The topological polar surface area (TPSA) is 154 Å². The number of aromatic amines is 1. The van der Waals surface area contributed by atoms with E-state index in [0.717, 1.165) is 42.5 Å². The lowest BCUT2D eigenvalue weighted by molar-refractivity contribution is -0.119. The van der Waals surface area contributed by atoms with Crippen LogP contribution >= 0.6 is 0 Å². The Morgan fingerprint density at radius 3 is 2.55 bits per heavy atom. The number of carbonyl (C=O) groups is 1. The van der Waals surface area contributed by atoms with E-state index >= 15 is 0 Å². The number of anilines is 2. The summed E-state index contributed by atoms with van der Waals surface area (Å²) in [5, 5.41) is 24.4. The normalized spacial score (nSPS) is 16.3. The lowest BCUT2D eigenvalue weighted by Gasteiger charge is -2.36. The number of hydrogen-bond acceptors (Lipinski definition) is 9. The van der Waals surface area contributed by atoms with Gasteiger partial charge in [0.1, 0.15) is 17.5 Å². The van der Waals surface area contributed by atoms with Crippen molar-refractivity contribution in [3.63, 3.8) is 0 Å². The number of nitrogens with zero attached hydrogens (tertiary/aromatic N) is 9. The van der Waals surface area contributed by atoms with E-state index < -0.39 is 0 Å². The van der Waals surface area contributed by atoms with Crippen molar-refractivity contribution in [2.75, 3.05) is 10.2 Å². The maximum absolute atomic E-state index is 13.8. The maximum Gasteiger partial charge on any atom is 0.228 e. The highest BCUT2D eigenvalue weighted by atomic mass is 16.2. The molecule has 5 aromatic rings. The monoisotopic (exact) mass is 587 g/mol. The summed E-state index contributed by atoms with van der Waals surface area (Å²) in [7, 11) is 1.86. The molecule has 1 fully saturated rings. The van der Waals surface area contributed by atoms with Crippen LogP contribution in [0.3, 0.4) is 0 Å². The molecule has 4 aromatic heterocycles. The SMILES string of the molecule is Cc1cc(-c2nc(NC3CCC(N(C(=O)CCc4ccccc4)c4cnc(-c5cnn(C)c5)cn4)CC3)ncc2C#N)n[nH]1. The van der Waals surface area contributed by atoms with Crippen molar-refractivity contribution in [3.8, 4) is 28.7 Å². The molecule has 0 spiro atoms. The Morgan fingerprint density at radius 1 is 1.07 bits per heavy atom. The van der Waals surface area contributed by atoms with E-state index in [0.29, 0.717) is 47.3 Å². The van der Waals surface area contributed by atoms with Crippen LogP contribution in [0.5, 0.6) is 0 Å². The first-order valence-electron chi connectivity index (χ1n) is 14.7. The third-order valence-corrected chi connectivity index (χ3v) is 7.88. The van der Waals surface area contributed by atoms with Crippen LogP contribution in [0.1, 0.15) is 48.9 Å². The van der Waals surface area contributed by atoms with Crippen LogP contribution in [0.15, 0.2) is 67.4 Å². The van der Waals surface area contributed by atoms with Crippen LogP contribution in [-0.2, 0) is 18.3 Å². The summed E-state index contributed by atoms with van der Waals surface area (Å²) < 4.78 is 1.72. The maximum atomic E-state index is 13.8. The van der Waals surface area contributed by atoms with Gasteiger partial charge in [0.15, 0.2) is 5.82 Å². The van der Waals surface area contributed by atoms with Crippen LogP contribution < -0.4 is 10.2 Å². The number of hydrogen-bond donors (Lipinski definition) is 2. The van der Waals surface area contributed by atoms with Crippen molar-refractivity contribution in [2.45, 2.75) is 57.5 Å². The number of rotatable bonds is 9. The highest BCUT2D eigenvalue weighted by Crippen LogP contribution is 2.30. The Bertz CT molecular complexity index is 1760. The van der Waals surface area contributed by atoms with Gasteiger partial charge in [-0.2, -0.15) is 15.5 Å². The number of nitriles is 1. The van der Waals surface area contributed by atoms with E-state index in [4.69, 9.17) is 4.98 Å². The number of benzene rings is 1.